The van der Waals surface area contributed by atoms with Gasteiger partial charge in [0.05, 0.1) is 18.3 Å². The van der Waals surface area contributed by atoms with Crippen molar-refractivity contribution >= 4 is 23.3 Å². The van der Waals surface area contributed by atoms with Crippen LogP contribution in [0.5, 0.6) is 11.5 Å². The first-order valence-corrected chi connectivity index (χ1v) is 8.70. The number of amides is 2. The number of anilines is 1. The first kappa shape index (κ1) is 16.1. The van der Waals surface area contributed by atoms with Gasteiger partial charge in [0.2, 0.25) is 0 Å². The highest BCUT2D eigenvalue weighted by Gasteiger charge is 2.50. The van der Waals surface area contributed by atoms with E-state index >= 15 is 0 Å². The van der Waals surface area contributed by atoms with Gasteiger partial charge in [0.15, 0.2) is 5.72 Å². The number of nitrogens with zero attached hydrogens (tertiary/aromatic N) is 1. The number of carbonyl (C=O) groups excluding carboxylic acids is 1. The predicted molar refractivity (Wildman–Crippen MR) is 96.5 cm³/mol. The third-order valence-electron chi connectivity index (χ3n) is 4.64. The van der Waals surface area contributed by atoms with Gasteiger partial charge in [-0.05, 0) is 44.2 Å². The molecule has 0 aromatic heterocycles. The zero-order valence-electron chi connectivity index (χ0n) is 14.1. The van der Waals surface area contributed by atoms with Crippen LogP contribution < -0.4 is 19.7 Å². The monoisotopic (exact) mass is 358 g/mol. The normalized spacial score (nSPS) is 24.2. The summed E-state index contributed by atoms with van der Waals surface area (Å²) in [6.45, 7) is 4.37. The van der Waals surface area contributed by atoms with Crippen LogP contribution in [-0.2, 0) is 0 Å². The molecule has 2 aliphatic heterocycles. The Balaban J connectivity index is 1.80. The van der Waals surface area contributed by atoms with E-state index in [4.69, 9.17) is 21.1 Å². The van der Waals surface area contributed by atoms with Crippen LogP contribution in [0.25, 0.3) is 0 Å². The molecule has 2 heterocycles. The van der Waals surface area contributed by atoms with Gasteiger partial charge < -0.3 is 14.8 Å². The molecule has 2 aromatic carbocycles. The molecular formula is C19H19ClN2O3. The van der Waals surface area contributed by atoms with Crippen LogP contribution in [0.4, 0.5) is 10.5 Å². The molecule has 0 radical (unpaired) electrons. The van der Waals surface area contributed by atoms with Crippen molar-refractivity contribution < 1.29 is 14.3 Å². The summed E-state index contributed by atoms with van der Waals surface area (Å²) in [6.07, 6.45) is 0.618. The number of fused-ring (bicyclic) bond motifs is 4. The minimum atomic E-state index is -0.805. The molecule has 1 saturated heterocycles. The molecule has 6 heteroatoms. The highest BCUT2D eigenvalue weighted by molar-refractivity contribution is 6.30. The summed E-state index contributed by atoms with van der Waals surface area (Å²) in [7, 11) is 0. The van der Waals surface area contributed by atoms with Crippen LogP contribution in [-0.4, -0.2) is 18.4 Å². The van der Waals surface area contributed by atoms with Crippen molar-refractivity contribution in [1.82, 2.24) is 5.32 Å². The van der Waals surface area contributed by atoms with Gasteiger partial charge in [-0.3, -0.25) is 4.90 Å². The molecule has 2 aromatic rings. The Morgan fingerprint density at radius 2 is 2.16 bits per heavy atom. The molecule has 4 rings (SSSR count). The van der Waals surface area contributed by atoms with E-state index in [0.717, 1.165) is 11.3 Å². The zero-order valence-corrected chi connectivity index (χ0v) is 14.8. The molecule has 2 aliphatic rings. The van der Waals surface area contributed by atoms with Gasteiger partial charge >= 0.3 is 6.03 Å². The predicted octanol–water partition coefficient (Wildman–Crippen LogP) is 4.51. The van der Waals surface area contributed by atoms with Crippen LogP contribution in [0.2, 0.25) is 5.02 Å². The summed E-state index contributed by atoms with van der Waals surface area (Å²) in [5, 5.41) is 3.70. The highest BCUT2D eigenvalue weighted by Crippen LogP contribution is 2.47. The summed E-state index contributed by atoms with van der Waals surface area (Å²) in [6, 6.07) is 12.7. The third kappa shape index (κ3) is 2.59. The van der Waals surface area contributed by atoms with Crippen LogP contribution in [0.3, 0.4) is 0 Å². The van der Waals surface area contributed by atoms with Gasteiger partial charge in [-0.25, -0.2) is 4.79 Å². The molecule has 0 spiro atoms. The molecule has 0 saturated carbocycles. The van der Waals surface area contributed by atoms with E-state index in [9.17, 15) is 4.79 Å². The summed E-state index contributed by atoms with van der Waals surface area (Å²) in [5.41, 5.74) is 0.803. The summed E-state index contributed by atoms with van der Waals surface area (Å²) in [4.78, 5) is 14.6. The summed E-state index contributed by atoms with van der Waals surface area (Å²) in [5.74, 6) is 1.40. The molecule has 0 aliphatic carbocycles. The Labute approximate surface area is 151 Å². The smallest absolute Gasteiger partial charge is 0.325 e. The van der Waals surface area contributed by atoms with Crippen molar-refractivity contribution in [3.63, 3.8) is 0 Å². The quantitative estimate of drug-likeness (QED) is 0.878. The first-order chi connectivity index (χ1) is 12.0. The van der Waals surface area contributed by atoms with E-state index in [0.29, 0.717) is 29.5 Å². The summed E-state index contributed by atoms with van der Waals surface area (Å²) < 4.78 is 12.0. The van der Waals surface area contributed by atoms with E-state index in [1.807, 2.05) is 50.2 Å². The minimum Gasteiger partial charge on any atom is -0.492 e. The molecule has 1 fully saturated rings. The topological polar surface area (TPSA) is 50.8 Å². The van der Waals surface area contributed by atoms with Crippen molar-refractivity contribution in [3.8, 4) is 11.5 Å². The summed E-state index contributed by atoms with van der Waals surface area (Å²) >= 11 is 6.11. The number of urea groups is 1. The number of halogens is 1. The van der Waals surface area contributed by atoms with E-state index in [-0.39, 0.29) is 12.1 Å². The van der Waals surface area contributed by atoms with E-state index < -0.39 is 5.72 Å². The Morgan fingerprint density at radius 3 is 2.96 bits per heavy atom. The third-order valence-corrected chi connectivity index (χ3v) is 4.87. The fourth-order valence-electron chi connectivity index (χ4n) is 3.63. The van der Waals surface area contributed by atoms with Crippen LogP contribution in [0.15, 0.2) is 42.5 Å². The average Bonchev–Trinajstić information content (AvgIpc) is 2.57. The van der Waals surface area contributed by atoms with E-state index in [1.165, 1.54) is 0 Å². The lowest BCUT2D eigenvalue weighted by molar-refractivity contribution is 0.0374. The lowest BCUT2D eigenvalue weighted by Crippen LogP contribution is -2.65. The van der Waals surface area contributed by atoms with Crippen LogP contribution >= 0.6 is 11.6 Å². The molecule has 130 valence electrons. The second-order valence-corrected chi connectivity index (χ2v) is 6.84. The van der Waals surface area contributed by atoms with E-state index in [2.05, 4.69) is 5.32 Å². The van der Waals surface area contributed by atoms with Crippen LogP contribution in [0, 0.1) is 0 Å². The lowest BCUT2D eigenvalue weighted by Gasteiger charge is -2.50. The number of ether oxygens (including phenoxy) is 2. The van der Waals surface area contributed by atoms with Crippen molar-refractivity contribution in [2.24, 2.45) is 0 Å². The zero-order chi connectivity index (χ0) is 17.6. The molecule has 5 nitrogen and oxygen atoms in total. The minimum absolute atomic E-state index is 0.129. The first-order valence-electron chi connectivity index (χ1n) is 8.33. The van der Waals surface area contributed by atoms with Crippen LogP contribution in [0.1, 0.15) is 31.9 Å². The maximum atomic E-state index is 12.9. The molecule has 2 atom stereocenters. The molecule has 2 bridgehead atoms. The number of nitrogens with one attached hydrogen (secondary N) is 1. The second-order valence-electron chi connectivity index (χ2n) is 6.40. The Morgan fingerprint density at radius 1 is 1.36 bits per heavy atom. The number of carbonyl (C=O) groups is 1. The fraction of sp³-hybridized carbons (Fsp3) is 0.316. The highest BCUT2D eigenvalue weighted by atomic mass is 35.5. The average molecular weight is 359 g/mol. The van der Waals surface area contributed by atoms with Gasteiger partial charge in [-0.1, -0.05) is 23.7 Å². The fourth-order valence-corrected chi connectivity index (χ4v) is 3.81. The Kier molecular flexibility index (Phi) is 3.76. The van der Waals surface area contributed by atoms with Gasteiger partial charge in [0, 0.05) is 17.0 Å². The standard InChI is InChI=1S/C19H19ClN2O3/c1-3-24-17-7-5-4-6-15(17)22-18(23)21-14-11-19(22,2)25-16-9-8-12(20)10-13(14)16/h4-10,14H,3,11H2,1-2H3,(H,21,23)/t14-,19-/m0/s1. The number of rotatable bonds is 3. The largest absolute Gasteiger partial charge is 0.492 e. The number of para-hydroxylation sites is 2. The van der Waals surface area contributed by atoms with Gasteiger partial charge in [-0.2, -0.15) is 0 Å². The van der Waals surface area contributed by atoms with Crippen molar-refractivity contribution in [1.29, 1.82) is 0 Å². The molecule has 1 N–H and O–H groups in total. The molecule has 2 amide bonds. The van der Waals surface area contributed by atoms with Gasteiger partial charge in [-0.15, -0.1) is 0 Å². The van der Waals surface area contributed by atoms with Gasteiger partial charge in [0.1, 0.15) is 11.5 Å². The molecular weight excluding hydrogens is 340 g/mol. The number of hydrogen-bond acceptors (Lipinski definition) is 3. The maximum absolute atomic E-state index is 12.9. The molecule has 0 unspecified atom stereocenters. The lowest BCUT2D eigenvalue weighted by atomic mass is 9.90. The Hall–Kier alpha value is -2.40. The number of hydrogen-bond donors (Lipinski definition) is 1. The maximum Gasteiger partial charge on any atom is 0.325 e. The second kappa shape index (κ2) is 5.85. The van der Waals surface area contributed by atoms with E-state index in [1.54, 1.807) is 11.0 Å². The van der Waals surface area contributed by atoms with Crippen molar-refractivity contribution in [2.75, 3.05) is 11.5 Å². The van der Waals surface area contributed by atoms with Gasteiger partial charge in [0.25, 0.3) is 0 Å². The SMILES string of the molecule is CCOc1ccccc1N1C(=O)N[C@H]2C[C@]1(C)Oc1ccc(Cl)cc12. The molecule has 25 heavy (non-hydrogen) atoms. The number of benzene rings is 2. The van der Waals surface area contributed by atoms with Crippen molar-refractivity contribution in [2.45, 2.75) is 32.0 Å². The Bertz CT molecular complexity index is 841. The van der Waals surface area contributed by atoms with Crippen molar-refractivity contribution in [3.05, 3.63) is 53.1 Å².